The number of nitrogens with one attached hydrogen (secondary N) is 2. The summed E-state index contributed by atoms with van der Waals surface area (Å²) in [7, 11) is 0. The van der Waals surface area contributed by atoms with Gasteiger partial charge in [0.25, 0.3) is 23.6 Å². The predicted octanol–water partition coefficient (Wildman–Crippen LogP) is -1.16. The second kappa shape index (κ2) is 22.5. The third kappa shape index (κ3) is 16.4. The molecule has 2 fully saturated rings. The van der Waals surface area contributed by atoms with Crippen LogP contribution in [0.4, 0.5) is 0 Å². The van der Waals surface area contributed by atoms with Crippen LogP contribution in [0.1, 0.15) is 64.2 Å². The molecule has 0 saturated carbocycles. The van der Waals surface area contributed by atoms with Crippen LogP contribution in [0.3, 0.4) is 0 Å². The summed E-state index contributed by atoms with van der Waals surface area (Å²) >= 11 is 0. The molecule has 0 radical (unpaired) electrons. The lowest BCUT2D eigenvalue weighted by Gasteiger charge is -2.12. The maximum Gasteiger partial charge on any atom is 0.333 e. The van der Waals surface area contributed by atoms with Crippen molar-refractivity contribution < 1.29 is 67.0 Å². The molecule has 2 N–H and O–H groups in total. The number of carbonyl (C=O) groups excluding carboxylic acids is 8. The maximum absolute atomic E-state index is 11.8. The second-order valence-corrected chi connectivity index (χ2v) is 10.0. The van der Waals surface area contributed by atoms with Crippen molar-refractivity contribution in [2.24, 2.45) is 0 Å². The highest BCUT2D eigenvalue weighted by molar-refractivity contribution is 6.02. The highest BCUT2D eigenvalue weighted by Gasteiger charge is 2.33. The first-order valence-electron chi connectivity index (χ1n) is 15.1. The van der Waals surface area contributed by atoms with E-state index in [0.29, 0.717) is 62.1 Å². The van der Waals surface area contributed by atoms with Gasteiger partial charge in [0, 0.05) is 51.6 Å². The number of unbranched alkanes of at least 4 members (excludes halogenated alkanes) is 2. The highest BCUT2D eigenvalue weighted by atomic mass is 16.7. The van der Waals surface area contributed by atoms with E-state index in [1.807, 2.05) is 0 Å². The Labute approximate surface area is 265 Å². The fourth-order valence-electron chi connectivity index (χ4n) is 3.84. The van der Waals surface area contributed by atoms with Crippen molar-refractivity contribution >= 4 is 47.4 Å². The molecule has 2 heterocycles. The van der Waals surface area contributed by atoms with E-state index in [1.165, 1.54) is 0 Å². The summed E-state index contributed by atoms with van der Waals surface area (Å²) in [5.74, 6) is -4.11. The fourth-order valence-corrected chi connectivity index (χ4v) is 3.84. The van der Waals surface area contributed by atoms with Crippen molar-refractivity contribution in [2.75, 3.05) is 65.9 Å². The maximum atomic E-state index is 11.8. The zero-order valence-electron chi connectivity index (χ0n) is 25.8. The minimum absolute atomic E-state index is 0.0108. The molecular formula is C28H42N4O14. The number of rotatable bonds is 25. The van der Waals surface area contributed by atoms with Gasteiger partial charge < -0.3 is 39.3 Å². The average molecular weight is 659 g/mol. The van der Waals surface area contributed by atoms with E-state index in [0.717, 1.165) is 0 Å². The van der Waals surface area contributed by atoms with Crippen LogP contribution in [0, 0.1) is 0 Å². The van der Waals surface area contributed by atoms with Gasteiger partial charge in [0.2, 0.25) is 11.8 Å². The van der Waals surface area contributed by atoms with Crippen molar-refractivity contribution in [2.45, 2.75) is 64.2 Å². The van der Waals surface area contributed by atoms with E-state index in [2.05, 4.69) is 10.6 Å². The number of imide groups is 2. The molecule has 0 aromatic heterocycles. The first-order valence-corrected chi connectivity index (χ1v) is 15.1. The van der Waals surface area contributed by atoms with Gasteiger partial charge in [-0.25, -0.2) is 9.59 Å². The van der Waals surface area contributed by atoms with Crippen molar-refractivity contribution in [3.8, 4) is 0 Å². The van der Waals surface area contributed by atoms with Crippen LogP contribution in [-0.2, 0) is 67.0 Å². The molecule has 2 rings (SSSR count). The molecule has 0 spiro atoms. The molecule has 18 heteroatoms. The van der Waals surface area contributed by atoms with E-state index >= 15 is 0 Å². The first kappa shape index (κ1) is 38.2. The Morgan fingerprint density at radius 3 is 1.17 bits per heavy atom. The van der Waals surface area contributed by atoms with E-state index in [4.69, 9.17) is 28.6 Å². The third-order valence-electron chi connectivity index (χ3n) is 6.24. The molecule has 0 unspecified atom stereocenters. The topological polar surface area (TPSA) is 222 Å². The minimum Gasteiger partial charge on any atom is -0.377 e. The van der Waals surface area contributed by atoms with Crippen LogP contribution < -0.4 is 10.6 Å². The van der Waals surface area contributed by atoms with Gasteiger partial charge in [-0.05, 0) is 25.7 Å². The molecule has 2 saturated heterocycles. The first-order chi connectivity index (χ1) is 22.2. The molecule has 0 aliphatic carbocycles. The standard InChI is InChI=1S/C28H42N4O14/c33-21(29-11-3-1-5-27(39)45-31-23(35)7-8-24(31)36)19-43-17-15-41-13-14-42-16-18-44-20-22(34)30-12-4-2-6-28(40)46-32-25(37)9-10-26(32)38/h1-20H2,(H,29,33)(H,30,34). The molecule has 2 aliphatic heterocycles. The summed E-state index contributed by atoms with van der Waals surface area (Å²) in [6.07, 6.45) is 2.00. The number of amides is 6. The second-order valence-electron chi connectivity index (χ2n) is 10.0. The third-order valence-corrected chi connectivity index (χ3v) is 6.24. The molecule has 0 aromatic carbocycles. The molecule has 6 amide bonds. The quantitative estimate of drug-likeness (QED) is 0.0873. The van der Waals surface area contributed by atoms with Gasteiger partial charge in [0.05, 0.1) is 39.6 Å². The molecule has 0 atom stereocenters. The minimum atomic E-state index is -0.679. The van der Waals surface area contributed by atoms with Crippen LogP contribution in [0.5, 0.6) is 0 Å². The van der Waals surface area contributed by atoms with Crippen molar-refractivity contribution in [3.63, 3.8) is 0 Å². The molecule has 0 aromatic rings. The number of nitrogens with zero attached hydrogens (tertiary/aromatic N) is 2. The van der Waals surface area contributed by atoms with E-state index in [-0.39, 0.29) is 90.0 Å². The molecule has 258 valence electrons. The lowest BCUT2D eigenvalue weighted by molar-refractivity contribution is -0.197. The summed E-state index contributed by atoms with van der Waals surface area (Å²) in [5.41, 5.74) is 0. The smallest absolute Gasteiger partial charge is 0.333 e. The van der Waals surface area contributed by atoms with Crippen LogP contribution in [0.25, 0.3) is 0 Å². The average Bonchev–Trinajstić information content (AvgIpc) is 3.51. The largest absolute Gasteiger partial charge is 0.377 e. The highest BCUT2D eigenvalue weighted by Crippen LogP contribution is 2.14. The molecule has 0 bridgehead atoms. The molecule has 46 heavy (non-hydrogen) atoms. The summed E-state index contributed by atoms with van der Waals surface area (Å²) in [5, 5.41) is 6.31. The van der Waals surface area contributed by atoms with Crippen LogP contribution in [0.2, 0.25) is 0 Å². The summed E-state index contributed by atoms with van der Waals surface area (Å²) in [4.78, 5) is 102. The van der Waals surface area contributed by atoms with E-state index in [9.17, 15) is 38.4 Å². The van der Waals surface area contributed by atoms with Gasteiger partial charge >= 0.3 is 11.9 Å². The van der Waals surface area contributed by atoms with E-state index in [1.54, 1.807) is 0 Å². The Morgan fingerprint density at radius 2 is 0.826 bits per heavy atom. The van der Waals surface area contributed by atoms with Crippen molar-refractivity contribution in [1.29, 1.82) is 0 Å². The Balaban J connectivity index is 1.28. The van der Waals surface area contributed by atoms with Gasteiger partial charge in [0.1, 0.15) is 13.2 Å². The zero-order valence-corrected chi connectivity index (χ0v) is 25.8. The Hall–Kier alpha value is -4.00. The van der Waals surface area contributed by atoms with Crippen LogP contribution in [0.15, 0.2) is 0 Å². The summed E-state index contributed by atoms with van der Waals surface area (Å²) in [6, 6.07) is 0. The lowest BCUT2D eigenvalue weighted by Crippen LogP contribution is -2.32. The predicted molar refractivity (Wildman–Crippen MR) is 151 cm³/mol. The van der Waals surface area contributed by atoms with Gasteiger partial charge in [0.15, 0.2) is 0 Å². The molecular weight excluding hydrogens is 616 g/mol. The van der Waals surface area contributed by atoms with Gasteiger partial charge in [-0.15, -0.1) is 10.1 Å². The summed E-state index contributed by atoms with van der Waals surface area (Å²) in [6.45, 7) is 1.90. The van der Waals surface area contributed by atoms with Gasteiger partial charge in [-0.3, -0.25) is 28.8 Å². The number of carbonyl (C=O) groups is 8. The number of hydrogen-bond acceptors (Lipinski definition) is 14. The Kier molecular flexibility index (Phi) is 18.7. The SMILES string of the molecule is O=C(COCCOCCOCCOCC(=O)NCCCCC(=O)ON1C(=O)CCC1=O)NCCCCC(=O)ON1C(=O)CCC1=O. The zero-order chi connectivity index (χ0) is 33.6. The van der Waals surface area contributed by atoms with Crippen LogP contribution in [-0.4, -0.2) is 123 Å². The molecule has 2 aliphatic rings. The Bertz CT molecular complexity index is 955. The van der Waals surface area contributed by atoms with Crippen LogP contribution >= 0.6 is 0 Å². The van der Waals surface area contributed by atoms with Gasteiger partial charge in [-0.2, -0.15) is 0 Å². The fraction of sp³-hybridized carbons (Fsp3) is 0.714. The van der Waals surface area contributed by atoms with E-state index < -0.39 is 35.6 Å². The van der Waals surface area contributed by atoms with Crippen molar-refractivity contribution in [3.05, 3.63) is 0 Å². The van der Waals surface area contributed by atoms with Gasteiger partial charge in [-0.1, -0.05) is 0 Å². The normalized spacial score (nSPS) is 14.6. The number of hydroxylamine groups is 4. The Morgan fingerprint density at radius 1 is 0.500 bits per heavy atom. The van der Waals surface area contributed by atoms with Crippen molar-refractivity contribution in [1.82, 2.24) is 20.8 Å². The number of hydrogen-bond donors (Lipinski definition) is 2. The number of ether oxygens (including phenoxy) is 4. The molecule has 18 nitrogen and oxygen atoms in total. The summed E-state index contributed by atoms with van der Waals surface area (Å²) < 4.78 is 21.1. The monoisotopic (exact) mass is 658 g/mol. The lowest BCUT2D eigenvalue weighted by atomic mass is 10.2.